The highest BCUT2D eigenvalue weighted by molar-refractivity contribution is 7.83. The van der Waals surface area contributed by atoms with Crippen molar-refractivity contribution in [1.82, 2.24) is 4.31 Å². The molecule has 0 saturated carbocycles. The molecule has 0 unspecified atom stereocenters. The van der Waals surface area contributed by atoms with E-state index in [2.05, 4.69) is 0 Å². The molecule has 10 heavy (non-hydrogen) atoms. The summed E-state index contributed by atoms with van der Waals surface area (Å²) in [6.45, 7) is 0.221. The lowest BCUT2D eigenvalue weighted by Crippen LogP contribution is -2.28. The van der Waals surface area contributed by atoms with E-state index in [1.165, 1.54) is 0 Å². The van der Waals surface area contributed by atoms with Crippen molar-refractivity contribution in [3.8, 4) is 0 Å². The van der Waals surface area contributed by atoms with E-state index in [9.17, 15) is 8.42 Å². The van der Waals surface area contributed by atoms with E-state index in [4.69, 9.17) is 9.66 Å². The quantitative estimate of drug-likeness (QED) is 0.484. The average molecular weight is 167 g/mol. The summed E-state index contributed by atoms with van der Waals surface area (Å²) in [4.78, 5) is 0. The molecule has 0 bridgehead atoms. The van der Waals surface area contributed by atoms with Crippen LogP contribution in [0.4, 0.5) is 0 Å². The predicted molar refractivity (Wildman–Crippen MR) is 33.7 cm³/mol. The molecule has 1 rings (SSSR count). The van der Waals surface area contributed by atoms with Crippen molar-refractivity contribution in [3.05, 3.63) is 0 Å². The van der Waals surface area contributed by atoms with Crippen molar-refractivity contribution in [2.75, 3.05) is 13.1 Å². The van der Waals surface area contributed by atoms with Gasteiger partial charge in [-0.15, -0.1) is 0 Å². The Balaban J connectivity index is 2.62. The highest BCUT2D eigenvalue weighted by Crippen LogP contribution is 2.11. The monoisotopic (exact) mass is 167 g/mol. The van der Waals surface area contributed by atoms with Gasteiger partial charge in [0.05, 0.1) is 6.10 Å². The van der Waals surface area contributed by atoms with Gasteiger partial charge in [0.1, 0.15) is 0 Å². The SMILES string of the molecule is O=S(=O)(O)N1CC[C@H](O)C1. The fourth-order valence-electron chi connectivity index (χ4n) is 0.920. The summed E-state index contributed by atoms with van der Waals surface area (Å²) < 4.78 is 30.0. The molecule has 0 radical (unpaired) electrons. The Morgan fingerprint density at radius 2 is 2.10 bits per heavy atom. The second-order valence-corrected chi connectivity index (χ2v) is 3.69. The van der Waals surface area contributed by atoms with E-state index < -0.39 is 16.4 Å². The molecule has 5 nitrogen and oxygen atoms in total. The van der Waals surface area contributed by atoms with Gasteiger partial charge in [-0.05, 0) is 6.42 Å². The number of β-amino-alcohol motifs (C(OH)–C–C–N with tert-alkyl or cyclic N) is 1. The van der Waals surface area contributed by atoms with Crippen molar-refractivity contribution in [1.29, 1.82) is 0 Å². The Morgan fingerprint density at radius 3 is 2.30 bits per heavy atom. The number of nitrogens with zero attached hydrogens (tertiary/aromatic N) is 1. The lowest BCUT2D eigenvalue weighted by molar-refractivity contribution is 0.187. The van der Waals surface area contributed by atoms with E-state index in [1.807, 2.05) is 0 Å². The third-order valence-electron chi connectivity index (χ3n) is 1.45. The molecule has 60 valence electrons. The van der Waals surface area contributed by atoms with E-state index >= 15 is 0 Å². The van der Waals surface area contributed by atoms with Crippen LogP contribution < -0.4 is 0 Å². The van der Waals surface area contributed by atoms with Crippen LogP contribution in [0.2, 0.25) is 0 Å². The molecule has 0 aromatic rings. The molecule has 0 aliphatic carbocycles. The summed E-state index contributed by atoms with van der Waals surface area (Å²) >= 11 is 0. The van der Waals surface area contributed by atoms with Crippen molar-refractivity contribution in [2.45, 2.75) is 12.5 Å². The fourth-order valence-corrected chi connectivity index (χ4v) is 1.62. The minimum Gasteiger partial charge on any atom is -0.392 e. The van der Waals surface area contributed by atoms with Gasteiger partial charge < -0.3 is 5.11 Å². The first-order valence-electron chi connectivity index (χ1n) is 2.91. The van der Waals surface area contributed by atoms with Gasteiger partial charge in [-0.3, -0.25) is 4.55 Å². The summed E-state index contributed by atoms with van der Waals surface area (Å²) in [6.07, 6.45) is -0.221. The summed E-state index contributed by atoms with van der Waals surface area (Å²) in [5.74, 6) is 0. The molecule has 2 N–H and O–H groups in total. The first-order chi connectivity index (χ1) is 4.50. The molecule has 1 atom stereocenters. The molecule has 1 saturated heterocycles. The van der Waals surface area contributed by atoms with Crippen molar-refractivity contribution in [3.63, 3.8) is 0 Å². The van der Waals surface area contributed by atoms with Gasteiger partial charge in [-0.2, -0.15) is 12.7 Å². The number of hydrogen-bond acceptors (Lipinski definition) is 3. The zero-order valence-electron chi connectivity index (χ0n) is 5.27. The molecule has 1 fully saturated rings. The van der Waals surface area contributed by atoms with Gasteiger partial charge >= 0.3 is 10.3 Å². The van der Waals surface area contributed by atoms with Crippen LogP contribution in [0.25, 0.3) is 0 Å². The van der Waals surface area contributed by atoms with E-state index in [0.29, 0.717) is 6.42 Å². The minimum absolute atomic E-state index is 0.0127. The Kier molecular flexibility index (Phi) is 1.95. The van der Waals surface area contributed by atoms with Crippen LogP contribution in [0.1, 0.15) is 6.42 Å². The molecule has 1 heterocycles. The number of rotatable bonds is 1. The fraction of sp³-hybridized carbons (Fsp3) is 1.00. The molecule has 1 aliphatic rings. The standard InChI is InChI=1S/C4H9NO4S/c6-4-1-2-5(3-4)10(7,8)9/h4,6H,1-3H2,(H,7,8,9)/t4-/m0/s1. The van der Waals surface area contributed by atoms with Crippen LogP contribution in [0.5, 0.6) is 0 Å². The van der Waals surface area contributed by atoms with Gasteiger partial charge in [0.25, 0.3) is 0 Å². The molecule has 0 aromatic heterocycles. The Labute approximate surface area is 59.1 Å². The number of hydrogen-bond donors (Lipinski definition) is 2. The minimum atomic E-state index is -4.06. The summed E-state index contributed by atoms with van der Waals surface area (Å²) in [6, 6.07) is 0. The maximum Gasteiger partial charge on any atom is 0.335 e. The van der Waals surface area contributed by atoms with Crippen LogP contribution in [0.15, 0.2) is 0 Å². The number of aliphatic hydroxyl groups is 1. The molecular weight excluding hydrogens is 158 g/mol. The first-order valence-corrected chi connectivity index (χ1v) is 4.30. The van der Waals surface area contributed by atoms with Gasteiger partial charge in [-0.1, -0.05) is 0 Å². The summed E-state index contributed by atoms with van der Waals surface area (Å²) in [5, 5.41) is 8.85. The van der Waals surface area contributed by atoms with Crippen molar-refractivity contribution >= 4 is 10.3 Å². The maximum absolute atomic E-state index is 10.3. The van der Waals surface area contributed by atoms with Crippen LogP contribution in [-0.4, -0.2) is 41.6 Å². The Hall–Kier alpha value is -0.170. The lowest BCUT2D eigenvalue weighted by atomic mass is 10.3. The lowest BCUT2D eigenvalue weighted by Gasteiger charge is -2.08. The topological polar surface area (TPSA) is 77.8 Å². The van der Waals surface area contributed by atoms with Crippen molar-refractivity contribution in [2.24, 2.45) is 0 Å². The molecule has 0 spiro atoms. The molecule has 1 aliphatic heterocycles. The second-order valence-electron chi connectivity index (χ2n) is 2.28. The zero-order chi connectivity index (χ0) is 7.78. The molecular formula is C4H9NO4S. The molecule has 0 amide bonds. The van der Waals surface area contributed by atoms with Crippen LogP contribution >= 0.6 is 0 Å². The van der Waals surface area contributed by atoms with E-state index in [0.717, 1.165) is 4.31 Å². The highest BCUT2D eigenvalue weighted by atomic mass is 32.2. The first kappa shape index (κ1) is 7.93. The van der Waals surface area contributed by atoms with Gasteiger partial charge in [0.2, 0.25) is 0 Å². The Morgan fingerprint density at radius 1 is 1.50 bits per heavy atom. The van der Waals surface area contributed by atoms with Crippen LogP contribution in [-0.2, 0) is 10.3 Å². The molecule has 6 heteroatoms. The third kappa shape index (κ3) is 1.66. The normalized spacial score (nSPS) is 29.2. The Bertz CT molecular complexity index is 211. The van der Waals surface area contributed by atoms with Crippen LogP contribution in [0.3, 0.4) is 0 Å². The van der Waals surface area contributed by atoms with Gasteiger partial charge in [0.15, 0.2) is 0 Å². The van der Waals surface area contributed by atoms with Crippen molar-refractivity contribution < 1.29 is 18.1 Å². The predicted octanol–water partition coefficient (Wildman–Crippen LogP) is -1.14. The maximum atomic E-state index is 10.3. The highest BCUT2D eigenvalue weighted by Gasteiger charge is 2.28. The van der Waals surface area contributed by atoms with Gasteiger partial charge in [-0.25, -0.2) is 0 Å². The van der Waals surface area contributed by atoms with E-state index in [1.54, 1.807) is 0 Å². The smallest absolute Gasteiger partial charge is 0.335 e. The summed E-state index contributed by atoms with van der Waals surface area (Å²) in [5.41, 5.74) is 0. The third-order valence-corrected chi connectivity index (χ3v) is 2.44. The van der Waals surface area contributed by atoms with E-state index in [-0.39, 0.29) is 13.1 Å². The molecule has 0 aromatic carbocycles. The zero-order valence-corrected chi connectivity index (χ0v) is 6.08. The van der Waals surface area contributed by atoms with Gasteiger partial charge in [0, 0.05) is 13.1 Å². The largest absolute Gasteiger partial charge is 0.392 e. The average Bonchev–Trinajstić information content (AvgIpc) is 2.11. The second kappa shape index (κ2) is 2.46. The van der Waals surface area contributed by atoms with Crippen LogP contribution in [0, 0.1) is 0 Å². The summed E-state index contributed by atoms with van der Waals surface area (Å²) in [7, 11) is -4.06. The number of aliphatic hydroxyl groups excluding tert-OH is 1.